The predicted molar refractivity (Wildman–Crippen MR) is 87.4 cm³/mol. The minimum Gasteiger partial charge on any atom is -0.353 e. The Morgan fingerprint density at radius 1 is 1.29 bits per heavy atom. The third-order valence-electron chi connectivity index (χ3n) is 4.11. The molecule has 2 rings (SSSR count). The number of nitrogens with one attached hydrogen (secondary N) is 1. The van der Waals surface area contributed by atoms with Crippen LogP contribution in [0, 0.1) is 11.8 Å². The van der Waals surface area contributed by atoms with Crippen molar-refractivity contribution < 1.29 is 0 Å². The fourth-order valence-corrected chi connectivity index (χ4v) is 2.90. The number of hydrogen-bond donors (Lipinski definition) is 1. The van der Waals surface area contributed by atoms with Crippen LogP contribution in [0.25, 0.3) is 0 Å². The molecular weight excluding hydrogens is 262 g/mol. The lowest BCUT2D eigenvalue weighted by molar-refractivity contribution is 0.266. The lowest BCUT2D eigenvalue weighted by Crippen LogP contribution is -2.34. The Morgan fingerprint density at radius 3 is 2.57 bits per heavy atom. The first-order valence-electron chi connectivity index (χ1n) is 7.90. The Kier molecular flexibility index (Phi) is 5.53. The molecule has 21 heavy (non-hydrogen) atoms. The third-order valence-corrected chi connectivity index (χ3v) is 4.11. The number of hydrogen-bond acceptors (Lipinski definition) is 5. The van der Waals surface area contributed by atoms with Crippen LogP contribution < -0.4 is 10.2 Å². The van der Waals surface area contributed by atoms with Crippen molar-refractivity contribution in [3.63, 3.8) is 0 Å². The van der Waals surface area contributed by atoms with Crippen LogP contribution in [0.15, 0.2) is 12.4 Å². The van der Waals surface area contributed by atoms with Crippen molar-refractivity contribution in [1.29, 1.82) is 0 Å². The van der Waals surface area contributed by atoms with Gasteiger partial charge in [0.1, 0.15) is 5.82 Å². The van der Waals surface area contributed by atoms with Gasteiger partial charge < -0.3 is 15.1 Å². The molecule has 1 aromatic heterocycles. The van der Waals surface area contributed by atoms with E-state index in [4.69, 9.17) is 0 Å². The summed E-state index contributed by atoms with van der Waals surface area (Å²) in [4.78, 5) is 13.8. The molecule has 0 radical (unpaired) electrons. The molecule has 5 nitrogen and oxygen atoms in total. The number of anilines is 1. The molecule has 2 unspecified atom stereocenters. The topological polar surface area (TPSA) is 44.3 Å². The molecule has 0 aliphatic carbocycles. The van der Waals surface area contributed by atoms with Crippen molar-refractivity contribution in [2.24, 2.45) is 11.8 Å². The van der Waals surface area contributed by atoms with Crippen LogP contribution in [-0.2, 0) is 6.54 Å². The van der Waals surface area contributed by atoms with Crippen LogP contribution in [0.2, 0.25) is 0 Å². The molecule has 2 heterocycles. The summed E-state index contributed by atoms with van der Waals surface area (Å²) in [7, 11) is 4.31. The zero-order chi connectivity index (χ0) is 15.4. The molecule has 0 spiro atoms. The van der Waals surface area contributed by atoms with Crippen molar-refractivity contribution >= 4 is 5.82 Å². The highest BCUT2D eigenvalue weighted by Gasteiger charge is 2.31. The average Bonchev–Trinajstić information content (AvgIpc) is 2.81. The zero-order valence-corrected chi connectivity index (χ0v) is 14.0. The van der Waals surface area contributed by atoms with E-state index in [2.05, 4.69) is 60.0 Å². The molecule has 2 atom stereocenters. The quantitative estimate of drug-likeness (QED) is 0.862. The van der Waals surface area contributed by atoms with Gasteiger partial charge in [-0.1, -0.05) is 20.8 Å². The summed E-state index contributed by atoms with van der Waals surface area (Å²) in [5.74, 6) is 2.32. The highest BCUT2D eigenvalue weighted by molar-refractivity contribution is 5.38. The highest BCUT2D eigenvalue weighted by atomic mass is 15.3. The van der Waals surface area contributed by atoms with Crippen molar-refractivity contribution in [3.8, 4) is 0 Å². The Balaban J connectivity index is 1.90. The summed E-state index contributed by atoms with van der Waals surface area (Å²) in [5.41, 5.74) is 1.01. The van der Waals surface area contributed by atoms with E-state index in [9.17, 15) is 0 Å². The van der Waals surface area contributed by atoms with E-state index in [-0.39, 0.29) is 0 Å². The number of likely N-dealkylation sites (N-methyl/N-ethyl adjacent to an activating group) is 1. The second kappa shape index (κ2) is 7.18. The molecule has 1 fully saturated rings. The second-order valence-electron chi connectivity index (χ2n) is 6.80. The molecular formula is C16H29N5. The second-order valence-corrected chi connectivity index (χ2v) is 6.80. The van der Waals surface area contributed by atoms with Gasteiger partial charge in [-0.25, -0.2) is 4.98 Å². The van der Waals surface area contributed by atoms with Gasteiger partial charge in [0.15, 0.2) is 0 Å². The van der Waals surface area contributed by atoms with Gasteiger partial charge >= 0.3 is 0 Å². The van der Waals surface area contributed by atoms with Crippen LogP contribution in [-0.4, -0.2) is 54.6 Å². The van der Waals surface area contributed by atoms with E-state index >= 15 is 0 Å². The molecule has 5 heteroatoms. The average molecular weight is 291 g/mol. The number of nitrogens with zero attached hydrogens (tertiary/aromatic N) is 4. The summed E-state index contributed by atoms with van der Waals surface area (Å²) in [6.07, 6.45) is 3.81. The maximum absolute atomic E-state index is 4.59. The minimum absolute atomic E-state index is 0.596. The van der Waals surface area contributed by atoms with Crippen molar-refractivity contribution in [3.05, 3.63) is 18.1 Å². The Bertz CT molecular complexity index is 429. The summed E-state index contributed by atoms with van der Waals surface area (Å²) >= 11 is 0. The van der Waals surface area contributed by atoms with Gasteiger partial charge in [-0.05, 0) is 32.5 Å². The summed E-state index contributed by atoms with van der Waals surface area (Å²) in [5, 5.41) is 3.40. The van der Waals surface area contributed by atoms with Crippen LogP contribution in [0.3, 0.4) is 0 Å². The Morgan fingerprint density at radius 2 is 2.05 bits per heavy atom. The van der Waals surface area contributed by atoms with Crippen LogP contribution in [0.5, 0.6) is 0 Å². The molecule has 0 saturated carbocycles. The van der Waals surface area contributed by atoms with E-state index in [1.807, 2.05) is 12.4 Å². The van der Waals surface area contributed by atoms with E-state index in [1.54, 1.807) is 0 Å². The highest BCUT2D eigenvalue weighted by Crippen LogP contribution is 2.24. The van der Waals surface area contributed by atoms with Crippen molar-refractivity contribution in [2.45, 2.75) is 33.4 Å². The van der Waals surface area contributed by atoms with Gasteiger partial charge in [0, 0.05) is 25.7 Å². The van der Waals surface area contributed by atoms with Gasteiger partial charge in [-0.2, -0.15) is 0 Å². The third kappa shape index (κ3) is 4.38. The fraction of sp³-hybridized carbons (Fsp3) is 0.750. The van der Waals surface area contributed by atoms with Gasteiger partial charge in [0.05, 0.1) is 18.1 Å². The molecule has 1 N–H and O–H groups in total. The first-order chi connectivity index (χ1) is 9.97. The Hall–Kier alpha value is -1.20. The molecule has 0 bridgehead atoms. The molecule has 118 valence electrons. The SMILES string of the molecule is CC(C)CNCc1cnc(N2CC(C)C(N(C)C)C2)cn1. The summed E-state index contributed by atoms with van der Waals surface area (Å²) < 4.78 is 0. The van der Waals surface area contributed by atoms with Crippen molar-refractivity contribution in [2.75, 3.05) is 38.6 Å². The van der Waals surface area contributed by atoms with Gasteiger partial charge in [0.2, 0.25) is 0 Å². The molecule has 0 amide bonds. The van der Waals surface area contributed by atoms with Crippen molar-refractivity contribution in [1.82, 2.24) is 20.2 Å². The van der Waals surface area contributed by atoms with E-state index < -0.39 is 0 Å². The van der Waals surface area contributed by atoms with Crippen LogP contribution in [0.4, 0.5) is 5.82 Å². The lowest BCUT2D eigenvalue weighted by atomic mass is 10.1. The first kappa shape index (κ1) is 16.2. The molecule has 1 saturated heterocycles. The summed E-state index contributed by atoms with van der Waals surface area (Å²) in [6, 6.07) is 0.596. The number of rotatable bonds is 6. The monoisotopic (exact) mass is 291 g/mol. The van der Waals surface area contributed by atoms with Gasteiger partial charge in [0.25, 0.3) is 0 Å². The fourth-order valence-electron chi connectivity index (χ4n) is 2.90. The number of aromatic nitrogens is 2. The first-order valence-corrected chi connectivity index (χ1v) is 7.90. The molecule has 1 aliphatic rings. The molecule has 0 aromatic carbocycles. The summed E-state index contributed by atoms with van der Waals surface area (Å²) in [6.45, 7) is 10.6. The van der Waals surface area contributed by atoms with E-state index in [0.717, 1.165) is 37.7 Å². The lowest BCUT2D eigenvalue weighted by Gasteiger charge is -2.22. The normalized spacial score (nSPS) is 22.5. The van der Waals surface area contributed by atoms with E-state index in [0.29, 0.717) is 17.9 Å². The van der Waals surface area contributed by atoms with Crippen LogP contribution >= 0.6 is 0 Å². The largest absolute Gasteiger partial charge is 0.353 e. The minimum atomic E-state index is 0.596. The molecule has 1 aromatic rings. The maximum atomic E-state index is 4.59. The van der Waals surface area contributed by atoms with Gasteiger partial charge in [-0.3, -0.25) is 4.98 Å². The van der Waals surface area contributed by atoms with Crippen LogP contribution in [0.1, 0.15) is 26.5 Å². The maximum Gasteiger partial charge on any atom is 0.147 e. The molecule has 1 aliphatic heterocycles. The van der Waals surface area contributed by atoms with Gasteiger partial charge in [-0.15, -0.1) is 0 Å². The van der Waals surface area contributed by atoms with E-state index in [1.165, 1.54) is 0 Å². The predicted octanol–water partition coefficient (Wildman–Crippen LogP) is 1.61. The smallest absolute Gasteiger partial charge is 0.147 e. The zero-order valence-electron chi connectivity index (χ0n) is 14.0. The Labute approximate surface area is 128 Å². The standard InChI is InChI=1S/C16H29N5/c1-12(2)6-17-7-14-8-19-16(9-18-14)21-10-13(3)15(11-21)20(4)5/h8-9,12-13,15,17H,6-7,10-11H2,1-5H3.